The van der Waals surface area contributed by atoms with Gasteiger partial charge in [0.2, 0.25) is 0 Å². The Kier molecular flexibility index (Phi) is 4.73. The number of aryl methyl sites for hydroxylation is 1. The van der Waals surface area contributed by atoms with Crippen LogP contribution < -0.4 is 10.1 Å². The number of amides is 1. The molecule has 1 heterocycles. The molecule has 1 aromatic carbocycles. The van der Waals surface area contributed by atoms with Crippen molar-refractivity contribution in [3.8, 4) is 5.75 Å². The second-order valence-corrected chi connectivity index (χ2v) is 4.19. The molecule has 0 aliphatic rings. The Morgan fingerprint density at radius 3 is 2.85 bits per heavy atom. The molecule has 0 aliphatic carbocycles. The van der Waals surface area contributed by atoms with Crippen molar-refractivity contribution in [2.45, 2.75) is 0 Å². The molecule has 0 radical (unpaired) electrons. The van der Waals surface area contributed by atoms with Gasteiger partial charge in [-0.15, -0.1) is 0 Å². The predicted octanol–water partition coefficient (Wildman–Crippen LogP) is 1.70. The van der Waals surface area contributed by atoms with Crippen LogP contribution in [0, 0.1) is 0 Å². The molecule has 6 heteroatoms. The Balaban J connectivity index is 2.08. The summed E-state index contributed by atoms with van der Waals surface area (Å²) in [5.41, 5.74) is 1.12. The van der Waals surface area contributed by atoms with Gasteiger partial charge in [0.15, 0.2) is 0 Å². The minimum Gasteiger partial charge on any atom is -0.490 e. The molecule has 0 bridgehead atoms. The SMILES string of the molecule is COCCOc1ccccc1C(=O)Nc1cnn(C)c1. The van der Waals surface area contributed by atoms with E-state index in [1.165, 1.54) is 0 Å². The maximum absolute atomic E-state index is 12.2. The molecule has 0 fully saturated rings. The largest absolute Gasteiger partial charge is 0.490 e. The molecular formula is C14H17N3O3. The van der Waals surface area contributed by atoms with E-state index in [0.29, 0.717) is 30.2 Å². The number of para-hydroxylation sites is 1. The second kappa shape index (κ2) is 6.72. The zero-order valence-electron chi connectivity index (χ0n) is 11.5. The van der Waals surface area contributed by atoms with Gasteiger partial charge in [0.05, 0.1) is 24.1 Å². The lowest BCUT2D eigenvalue weighted by atomic mass is 10.2. The van der Waals surface area contributed by atoms with Gasteiger partial charge in [-0.05, 0) is 12.1 Å². The van der Waals surface area contributed by atoms with Gasteiger partial charge in [0.25, 0.3) is 5.91 Å². The fraction of sp³-hybridized carbons (Fsp3) is 0.286. The smallest absolute Gasteiger partial charge is 0.259 e. The summed E-state index contributed by atoms with van der Waals surface area (Å²) in [5.74, 6) is 0.303. The molecular weight excluding hydrogens is 258 g/mol. The van der Waals surface area contributed by atoms with Crippen LogP contribution in [-0.4, -0.2) is 36.0 Å². The Bertz CT molecular complexity index is 581. The summed E-state index contributed by atoms with van der Waals surface area (Å²) >= 11 is 0. The highest BCUT2D eigenvalue weighted by molar-refractivity contribution is 6.06. The molecule has 1 amide bonds. The van der Waals surface area contributed by atoms with Gasteiger partial charge < -0.3 is 14.8 Å². The highest BCUT2D eigenvalue weighted by Crippen LogP contribution is 2.19. The molecule has 0 atom stereocenters. The Morgan fingerprint density at radius 1 is 1.35 bits per heavy atom. The summed E-state index contributed by atoms with van der Waals surface area (Å²) in [6, 6.07) is 7.09. The summed E-state index contributed by atoms with van der Waals surface area (Å²) in [5, 5.41) is 6.78. The second-order valence-electron chi connectivity index (χ2n) is 4.19. The average Bonchev–Trinajstić information content (AvgIpc) is 2.85. The van der Waals surface area contributed by atoms with Crippen molar-refractivity contribution in [2.75, 3.05) is 25.6 Å². The van der Waals surface area contributed by atoms with Gasteiger partial charge in [-0.1, -0.05) is 12.1 Å². The predicted molar refractivity (Wildman–Crippen MR) is 75.0 cm³/mol. The van der Waals surface area contributed by atoms with E-state index in [0.717, 1.165) is 0 Å². The fourth-order valence-electron chi connectivity index (χ4n) is 1.70. The highest BCUT2D eigenvalue weighted by Gasteiger charge is 2.12. The molecule has 0 spiro atoms. The van der Waals surface area contributed by atoms with Crippen LogP contribution in [0.25, 0.3) is 0 Å². The van der Waals surface area contributed by atoms with Crippen molar-refractivity contribution < 1.29 is 14.3 Å². The van der Waals surface area contributed by atoms with Crippen LogP contribution in [0.2, 0.25) is 0 Å². The number of rotatable bonds is 6. The highest BCUT2D eigenvalue weighted by atomic mass is 16.5. The summed E-state index contributed by atoms with van der Waals surface area (Å²) in [7, 11) is 3.39. The molecule has 0 unspecified atom stereocenters. The van der Waals surface area contributed by atoms with E-state index in [1.807, 2.05) is 6.07 Å². The number of benzene rings is 1. The summed E-state index contributed by atoms with van der Waals surface area (Å²) in [6.07, 6.45) is 3.32. The van der Waals surface area contributed by atoms with Crippen LogP contribution in [-0.2, 0) is 11.8 Å². The number of aromatic nitrogens is 2. The van der Waals surface area contributed by atoms with Crippen LogP contribution in [0.1, 0.15) is 10.4 Å². The third kappa shape index (κ3) is 3.58. The van der Waals surface area contributed by atoms with Gasteiger partial charge in [-0.3, -0.25) is 9.48 Å². The maximum Gasteiger partial charge on any atom is 0.259 e. The van der Waals surface area contributed by atoms with Crippen molar-refractivity contribution >= 4 is 11.6 Å². The van der Waals surface area contributed by atoms with Gasteiger partial charge in [-0.2, -0.15) is 5.10 Å². The van der Waals surface area contributed by atoms with Crippen molar-refractivity contribution in [3.05, 3.63) is 42.2 Å². The summed E-state index contributed by atoms with van der Waals surface area (Å²) < 4.78 is 12.1. The number of anilines is 1. The molecule has 0 saturated carbocycles. The first kappa shape index (κ1) is 14.1. The quantitative estimate of drug-likeness (QED) is 0.815. The number of nitrogens with one attached hydrogen (secondary N) is 1. The number of nitrogens with zero attached hydrogens (tertiary/aromatic N) is 2. The molecule has 2 rings (SSSR count). The van der Waals surface area contributed by atoms with Crippen LogP contribution in [0.5, 0.6) is 5.75 Å². The fourth-order valence-corrected chi connectivity index (χ4v) is 1.70. The number of ether oxygens (including phenoxy) is 2. The van der Waals surface area contributed by atoms with Gasteiger partial charge in [-0.25, -0.2) is 0 Å². The molecule has 1 aromatic heterocycles. The lowest BCUT2D eigenvalue weighted by Gasteiger charge is -2.10. The number of methoxy groups -OCH3 is 1. The van der Waals surface area contributed by atoms with E-state index < -0.39 is 0 Å². The first-order chi connectivity index (χ1) is 9.70. The number of hydrogen-bond donors (Lipinski definition) is 1. The third-order valence-corrected chi connectivity index (χ3v) is 2.64. The third-order valence-electron chi connectivity index (χ3n) is 2.64. The molecule has 2 aromatic rings. The van der Waals surface area contributed by atoms with Gasteiger partial charge in [0.1, 0.15) is 12.4 Å². The molecule has 0 saturated heterocycles. The number of carbonyl (C=O) groups excluding carboxylic acids is 1. The summed E-state index contributed by atoms with van der Waals surface area (Å²) in [4.78, 5) is 12.2. The van der Waals surface area contributed by atoms with Crippen LogP contribution in [0.3, 0.4) is 0 Å². The first-order valence-corrected chi connectivity index (χ1v) is 6.21. The van der Waals surface area contributed by atoms with Crippen LogP contribution >= 0.6 is 0 Å². The standard InChI is InChI=1S/C14H17N3O3/c1-17-10-11(9-15-17)16-14(18)12-5-3-4-6-13(12)20-8-7-19-2/h3-6,9-10H,7-8H2,1-2H3,(H,16,18). The molecule has 106 valence electrons. The molecule has 1 N–H and O–H groups in total. The zero-order valence-corrected chi connectivity index (χ0v) is 11.5. The molecule has 20 heavy (non-hydrogen) atoms. The Hall–Kier alpha value is -2.34. The lowest BCUT2D eigenvalue weighted by Crippen LogP contribution is -2.14. The first-order valence-electron chi connectivity index (χ1n) is 6.21. The Labute approximate surface area is 117 Å². The van der Waals surface area contributed by atoms with Crippen molar-refractivity contribution in [3.63, 3.8) is 0 Å². The van der Waals surface area contributed by atoms with E-state index >= 15 is 0 Å². The van der Waals surface area contributed by atoms with E-state index in [1.54, 1.807) is 49.4 Å². The maximum atomic E-state index is 12.2. The number of hydrogen-bond acceptors (Lipinski definition) is 4. The minimum atomic E-state index is -0.231. The minimum absolute atomic E-state index is 0.231. The van der Waals surface area contributed by atoms with Gasteiger partial charge >= 0.3 is 0 Å². The monoisotopic (exact) mass is 275 g/mol. The van der Waals surface area contributed by atoms with E-state index in [9.17, 15) is 4.79 Å². The molecule has 6 nitrogen and oxygen atoms in total. The van der Waals surface area contributed by atoms with Crippen molar-refractivity contribution in [1.29, 1.82) is 0 Å². The zero-order chi connectivity index (χ0) is 14.4. The lowest BCUT2D eigenvalue weighted by molar-refractivity contribution is 0.101. The number of carbonyl (C=O) groups is 1. The van der Waals surface area contributed by atoms with Gasteiger partial charge in [0, 0.05) is 20.4 Å². The summed E-state index contributed by atoms with van der Waals surface area (Å²) in [6.45, 7) is 0.867. The Morgan fingerprint density at radius 2 is 2.15 bits per heavy atom. The van der Waals surface area contributed by atoms with E-state index in [2.05, 4.69) is 10.4 Å². The van der Waals surface area contributed by atoms with Crippen LogP contribution in [0.4, 0.5) is 5.69 Å². The van der Waals surface area contributed by atoms with Crippen molar-refractivity contribution in [2.24, 2.45) is 7.05 Å². The average molecular weight is 275 g/mol. The molecule has 0 aliphatic heterocycles. The normalized spacial score (nSPS) is 10.3. The van der Waals surface area contributed by atoms with E-state index in [4.69, 9.17) is 9.47 Å². The van der Waals surface area contributed by atoms with E-state index in [-0.39, 0.29) is 5.91 Å². The topological polar surface area (TPSA) is 65.4 Å². The van der Waals surface area contributed by atoms with Crippen molar-refractivity contribution in [1.82, 2.24) is 9.78 Å². The van der Waals surface area contributed by atoms with Crippen LogP contribution in [0.15, 0.2) is 36.7 Å².